The Balaban J connectivity index is 2.35. The topological polar surface area (TPSA) is 37.3 Å². The molecule has 0 fully saturated rings. The average Bonchev–Trinajstić information content (AvgIpc) is 2.70. The maximum atomic E-state index is 10.7. The maximum Gasteiger partial charge on any atom is 0.307 e. The van der Waals surface area contributed by atoms with Crippen molar-refractivity contribution < 1.29 is 9.90 Å². The van der Waals surface area contributed by atoms with E-state index in [4.69, 9.17) is 5.11 Å². The zero-order chi connectivity index (χ0) is 23.1. The molecule has 2 rings (SSSR count). The van der Waals surface area contributed by atoms with E-state index in [-0.39, 0.29) is 17.3 Å². The summed E-state index contributed by atoms with van der Waals surface area (Å²) in [5.41, 5.74) is 7.25. The van der Waals surface area contributed by atoms with Crippen molar-refractivity contribution in [3.05, 3.63) is 64.3 Å². The summed E-state index contributed by atoms with van der Waals surface area (Å²) in [7, 11) is 0. The van der Waals surface area contributed by atoms with Gasteiger partial charge in [0.1, 0.15) is 0 Å². The van der Waals surface area contributed by atoms with Crippen LogP contribution in [0.5, 0.6) is 0 Å². The molecule has 0 aromatic heterocycles. The Labute approximate surface area is 190 Å². The standard InChI is InChI=1S/C29H42O2/c1-7-8-9-10-14-23-20-25-26(29(5,6)19-18-28(25,3)4)21-24(23)15-12-11-13-22(2)16-17-27(30)31/h11-13,15-16,20-21H,7-10,14,17-19H2,1-6H3,(H,30,31). The number of aliphatic carboxylic acids is 1. The predicted molar refractivity (Wildman–Crippen MR) is 134 cm³/mol. The van der Waals surface area contributed by atoms with Crippen LogP contribution in [-0.4, -0.2) is 11.1 Å². The Morgan fingerprint density at radius 3 is 2.26 bits per heavy atom. The first-order chi connectivity index (χ1) is 14.6. The molecule has 0 heterocycles. The summed E-state index contributed by atoms with van der Waals surface area (Å²) in [6, 6.07) is 4.95. The van der Waals surface area contributed by atoms with Crippen LogP contribution >= 0.6 is 0 Å². The number of unbranched alkanes of at least 4 members (excludes halogenated alkanes) is 3. The van der Waals surface area contributed by atoms with E-state index in [0.717, 1.165) is 12.0 Å². The molecular weight excluding hydrogens is 380 g/mol. The average molecular weight is 423 g/mol. The van der Waals surface area contributed by atoms with Crippen LogP contribution in [0.4, 0.5) is 0 Å². The second kappa shape index (κ2) is 11.0. The summed E-state index contributed by atoms with van der Waals surface area (Å²) in [5, 5.41) is 8.81. The summed E-state index contributed by atoms with van der Waals surface area (Å²) >= 11 is 0. The molecule has 0 radical (unpaired) electrons. The van der Waals surface area contributed by atoms with Gasteiger partial charge in [0.2, 0.25) is 0 Å². The van der Waals surface area contributed by atoms with Crippen LogP contribution in [0.3, 0.4) is 0 Å². The maximum absolute atomic E-state index is 10.7. The van der Waals surface area contributed by atoms with Gasteiger partial charge in [-0.1, -0.05) is 102 Å². The van der Waals surface area contributed by atoms with Crippen LogP contribution < -0.4 is 0 Å². The Bertz CT molecular complexity index is 850. The molecule has 0 atom stereocenters. The molecule has 0 amide bonds. The third-order valence-electron chi connectivity index (χ3n) is 6.76. The van der Waals surface area contributed by atoms with Gasteiger partial charge in [-0.2, -0.15) is 0 Å². The molecule has 31 heavy (non-hydrogen) atoms. The van der Waals surface area contributed by atoms with E-state index in [1.165, 1.54) is 60.8 Å². The van der Waals surface area contributed by atoms with Gasteiger partial charge >= 0.3 is 5.97 Å². The Kier molecular flexibility index (Phi) is 8.91. The molecule has 0 spiro atoms. The van der Waals surface area contributed by atoms with Crippen molar-refractivity contribution in [2.45, 2.75) is 104 Å². The molecule has 170 valence electrons. The first-order valence-corrected chi connectivity index (χ1v) is 12.0. The highest BCUT2D eigenvalue weighted by Crippen LogP contribution is 2.46. The molecule has 1 aromatic carbocycles. The van der Waals surface area contributed by atoms with E-state index >= 15 is 0 Å². The molecule has 0 unspecified atom stereocenters. The number of allylic oxidation sites excluding steroid dienone is 4. The number of aryl methyl sites for hydroxylation is 1. The number of benzene rings is 1. The summed E-state index contributed by atoms with van der Waals surface area (Å²) in [6.07, 6.45) is 18.8. The van der Waals surface area contributed by atoms with E-state index in [0.29, 0.717) is 0 Å². The van der Waals surface area contributed by atoms with Gasteiger partial charge in [-0.3, -0.25) is 4.79 Å². The van der Waals surface area contributed by atoms with Gasteiger partial charge < -0.3 is 5.11 Å². The first kappa shape index (κ1) is 25.2. The van der Waals surface area contributed by atoms with E-state index in [1.54, 1.807) is 6.08 Å². The molecule has 0 saturated carbocycles. The summed E-state index contributed by atoms with van der Waals surface area (Å²) < 4.78 is 0. The third kappa shape index (κ3) is 7.23. The van der Waals surface area contributed by atoms with Gasteiger partial charge in [0.05, 0.1) is 6.42 Å². The molecule has 1 aromatic rings. The minimum Gasteiger partial charge on any atom is -0.481 e. The minimum atomic E-state index is -0.796. The predicted octanol–water partition coefficient (Wildman–Crippen LogP) is 8.15. The normalized spacial score (nSPS) is 17.9. The van der Waals surface area contributed by atoms with Crippen LogP contribution in [0.1, 0.15) is 109 Å². The lowest BCUT2D eigenvalue weighted by molar-refractivity contribution is -0.136. The molecule has 1 N–H and O–H groups in total. The summed E-state index contributed by atoms with van der Waals surface area (Å²) in [6.45, 7) is 13.8. The van der Waals surface area contributed by atoms with Gasteiger partial charge in [-0.15, -0.1) is 0 Å². The number of carboxylic acids is 1. The van der Waals surface area contributed by atoms with Crippen molar-refractivity contribution in [2.24, 2.45) is 0 Å². The third-order valence-corrected chi connectivity index (χ3v) is 6.76. The van der Waals surface area contributed by atoms with Crippen LogP contribution in [0.15, 0.2) is 42.0 Å². The number of carboxylic acid groups (broad SMARTS) is 1. The van der Waals surface area contributed by atoms with Crippen molar-refractivity contribution in [3.63, 3.8) is 0 Å². The molecule has 0 bridgehead atoms. The zero-order valence-corrected chi connectivity index (χ0v) is 20.6. The molecule has 0 saturated heterocycles. The minimum absolute atomic E-state index is 0.0670. The second-order valence-electron chi connectivity index (χ2n) is 10.4. The van der Waals surface area contributed by atoms with Crippen LogP contribution in [-0.2, 0) is 22.0 Å². The highest BCUT2D eigenvalue weighted by molar-refractivity contribution is 5.69. The Morgan fingerprint density at radius 1 is 1.00 bits per heavy atom. The van der Waals surface area contributed by atoms with Crippen LogP contribution in [0.25, 0.3) is 6.08 Å². The smallest absolute Gasteiger partial charge is 0.307 e. The second-order valence-corrected chi connectivity index (χ2v) is 10.4. The van der Waals surface area contributed by atoms with E-state index < -0.39 is 5.97 Å². The monoisotopic (exact) mass is 422 g/mol. The number of fused-ring (bicyclic) bond motifs is 1. The van der Waals surface area contributed by atoms with E-state index in [1.807, 2.05) is 19.1 Å². The number of hydrogen-bond donors (Lipinski definition) is 1. The quantitative estimate of drug-likeness (QED) is 0.305. The summed E-state index contributed by atoms with van der Waals surface area (Å²) in [4.78, 5) is 10.7. The van der Waals surface area contributed by atoms with Crippen molar-refractivity contribution in [1.82, 2.24) is 0 Å². The van der Waals surface area contributed by atoms with E-state index in [2.05, 4.69) is 58.9 Å². The van der Waals surface area contributed by atoms with Crippen molar-refractivity contribution in [2.75, 3.05) is 0 Å². The number of carbonyl (C=O) groups is 1. The number of rotatable bonds is 10. The largest absolute Gasteiger partial charge is 0.481 e. The molecule has 1 aliphatic carbocycles. The highest BCUT2D eigenvalue weighted by atomic mass is 16.4. The van der Waals surface area contributed by atoms with Gasteiger partial charge in [0.15, 0.2) is 0 Å². The van der Waals surface area contributed by atoms with Crippen molar-refractivity contribution in [1.29, 1.82) is 0 Å². The van der Waals surface area contributed by atoms with Crippen LogP contribution in [0, 0.1) is 0 Å². The van der Waals surface area contributed by atoms with Crippen LogP contribution in [0.2, 0.25) is 0 Å². The fourth-order valence-electron chi connectivity index (χ4n) is 4.47. The summed E-state index contributed by atoms with van der Waals surface area (Å²) in [5.74, 6) is -0.796. The lowest BCUT2D eigenvalue weighted by Gasteiger charge is -2.42. The van der Waals surface area contributed by atoms with Gasteiger partial charge in [-0.25, -0.2) is 0 Å². The lowest BCUT2D eigenvalue weighted by atomic mass is 9.62. The Hall–Kier alpha value is -2.09. The van der Waals surface area contributed by atoms with Gasteiger partial charge in [0, 0.05) is 0 Å². The molecule has 2 nitrogen and oxygen atoms in total. The fraction of sp³-hybridized carbons (Fsp3) is 0.552. The zero-order valence-electron chi connectivity index (χ0n) is 20.6. The molecular formula is C29H42O2. The van der Waals surface area contributed by atoms with Gasteiger partial charge in [-0.05, 0) is 65.7 Å². The van der Waals surface area contributed by atoms with Crippen molar-refractivity contribution >= 4 is 12.0 Å². The fourth-order valence-corrected chi connectivity index (χ4v) is 4.47. The SMILES string of the molecule is CCCCCCc1cc2c(cc1C=CC=CC(C)=CCC(=O)O)C(C)(C)CCC2(C)C. The molecule has 0 aliphatic heterocycles. The molecule has 2 heteroatoms. The Morgan fingerprint density at radius 2 is 1.65 bits per heavy atom. The van der Waals surface area contributed by atoms with E-state index in [9.17, 15) is 4.79 Å². The highest BCUT2D eigenvalue weighted by Gasteiger charge is 2.37. The first-order valence-electron chi connectivity index (χ1n) is 12.0. The molecule has 1 aliphatic rings. The number of hydrogen-bond acceptors (Lipinski definition) is 1. The van der Waals surface area contributed by atoms with Gasteiger partial charge in [0.25, 0.3) is 0 Å². The van der Waals surface area contributed by atoms with Crippen molar-refractivity contribution in [3.8, 4) is 0 Å². The lowest BCUT2D eigenvalue weighted by Crippen LogP contribution is -2.34.